The van der Waals surface area contributed by atoms with Gasteiger partial charge in [0.15, 0.2) is 11.5 Å². The molecule has 1 N–H and O–H groups in total. The first-order valence-corrected chi connectivity index (χ1v) is 12.8. The van der Waals surface area contributed by atoms with E-state index in [-0.39, 0.29) is 5.75 Å². The van der Waals surface area contributed by atoms with Crippen molar-refractivity contribution in [3.05, 3.63) is 71.8 Å². The number of phenols is 1. The van der Waals surface area contributed by atoms with Crippen LogP contribution >= 0.6 is 0 Å². The van der Waals surface area contributed by atoms with Crippen molar-refractivity contribution in [2.24, 2.45) is 0 Å². The molecule has 0 aliphatic rings. The molecule has 0 saturated carbocycles. The average Bonchev–Trinajstić information content (AvgIpc) is 2.90. The van der Waals surface area contributed by atoms with Crippen molar-refractivity contribution in [3.63, 3.8) is 0 Å². The standard InChI is InChI=1S/C30H35N3O4/c1-5-16-33(17-6-2)29-25-20-24(37-23-10-7-21(3)8-11-23)12-13-26(25)31-30(32-29)36-18-15-22-9-14-27(34)28(19-22)35-4/h7-14,19-20,34H,5-6,15-18H2,1-4H3. The molecule has 0 amide bonds. The Hall–Kier alpha value is -4.00. The van der Waals surface area contributed by atoms with Crippen molar-refractivity contribution in [2.75, 3.05) is 31.7 Å². The van der Waals surface area contributed by atoms with Crippen LogP contribution in [0.5, 0.6) is 29.0 Å². The summed E-state index contributed by atoms with van der Waals surface area (Å²) in [4.78, 5) is 11.8. The number of anilines is 1. The summed E-state index contributed by atoms with van der Waals surface area (Å²) in [7, 11) is 1.54. The van der Waals surface area contributed by atoms with Crippen LogP contribution < -0.4 is 19.1 Å². The minimum Gasteiger partial charge on any atom is -0.504 e. The van der Waals surface area contributed by atoms with Crippen molar-refractivity contribution in [1.29, 1.82) is 0 Å². The van der Waals surface area contributed by atoms with Crippen LogP contribution in [-0.4, -0.2) is 41.9 Å². The molecule has 0 fully saturated rings. The first kappa shape index (κ1) is 26.1. The maximum Gasteiger partial charge on any atom is 0.318 e. The lowest BCUT2D eigenvalue weighted by atomic mass is 10.1. The van der Waals surface area contributed by atoms with E-state index in [1.54, 1.807) is 6.07 Å². The van der Waals surface area contributed by atoms with Gasteiger partial charge < -0.3 is 24.2 Å². The summed E-state index contributed by atoms with van der Waals surface area (Å²) >= 11 is 0. The van der Waals surface area contributed by atoms with Crippen molar-refractivity contribution in [2.45, 2.75) is 40.0 Å². The van der Waals surface area contributed by atoms with E-state index < -0.39 is 0 Å². The highest BCUT2D eigenvalue weighted by Crippen LogP contribution is 2.32. The first-order chi connectivity index (χ1) is 18.0. The zero-order valence-corrected chi connectivity index (χ0v) is 22.0. The third kappa shape index (κ3) is 6.61. The Labute approximate surface area is 218 Å². The summed E-state index contributed by atoms with van der Waals surface area (Å²) in [6.07, 6.45) is 2.64. The number of methoxy groups -OCH3 is 1. The molecule has 1 heterocycles. The minimum atomic E-state index is 0.118. The predicted octanol–water partition coefficient (Wildman–Crippen LogP) is 6.69. The fourth-order valence-electron chi connectivity index (χ4n) is 4.18. The van der Waals surface area contributed by atoms with Gasteiger partial charge in [0, 0.05) is 24.9 Å². The van der Waals surface area contributed by atoms with Crippen LogP contribution in [0.4, 0.5) is 5.82 Å². The fraction of sp³-hybridized carbons (Fsp3) is 0.333. The number of aromatic hydroxyl groups is 1. The highest BCUT2D eigenvalue weighted by atomic mass is 16.5. The molecule has 4 rings (SSSR count). The molecule has 0 spiro atoms. The van der Waals surface area contributed by atoms with E-state index in [4.69, 9.17) is 24.2 Å². The Kier molecular flexibility index (Phi) is 8.67. The number of phenolic OH excluding ortho intramolecular Hbond substituents is 1. The fourth-order valence-corrected chi connectivity index (χ4v) is 4.18. The molecule has 0 atom stereocenters. The lowest BCUT2D eigenvalue weighted by molar-refractivity contribution is 0.297. The number of benzene rings is 3. The molecule has 0 aliphatic heterocycles. The van der Waals surface area contributed by atoms with Crippen LogP contribution in [-0.2, 0) is 6.42 Å². The molecule has 0 saturated heterocycles. The van der Waals surface area contributed by atoms with Gasteiger partial charge in [0.05, 0.1) is 19.2 Å². The third-order valence-electron chi connectivity index (χ3n) is 6.04. The third-order valence-corrected chi connectivity index (χ3v) is 6.04. The highest BCUT2D eigenvalue weighted by molar-refractivity contribution is 5.91. The first-order valence-electron chi connectivity index (χ1n) is 12.8. The topological polar surface area (TPSA) is 76.9 Å². The zero-order chi connectivity index (χ0) is 26.2. The molecule has 194 valence electrons. The van der Waals surface area contributed by atoms with E-state index in [1.807, 2.05) is 54.6 Å². The van der Waals surface area contributed by atoms with Crippen molar-refractivity contribution >= 4 is 16.7 Å². The Morgan fingerprint density at radius 2 is 1.59 bits per heavy atom. The normalized spacial score (nSPS) is 10.9. The molecule has 7 nitrogen and oxygen atoms in total. The summed E-state index contributed by atoms with van der Waals surface area (Å²) in [5.74, 6) is 2.94. The second kappa shape index (κ2) is 12.3. The molecule has 7 heteroatoms. The van der Waals surface area contributed by atoms with Gasteiger partial charge in [-0.1, -0.05) is 37.6 Å². The van der Waals surface area contributed by atoms with Crippen LogP contribution in [0.15, 0.2) is 60.7 Å². The number of nitrogens with zero attached hydrogens (tertiary/aromatic N) is 3. The number of hydrogen-bond donors (Lipinski definition) is 1. The maximum atomic E-state index is 9.83. The van der Waals surface area contributed by atoms with Crippen molar-refractivity contribution in [1.82, 2.24) is 9.97 Å². The Bertz CT molecular complexity index is 1320. The molecule has 0 radical (unpaired) electrons. The number of rotatable bonds is 12. The molecule has 0 unspecified atom stereocenters. The van der Waals surface area contributed by atoms with Gasteiger partial charge in [0.1, 0.15) is 17.3 Å². The molecule has 37 heavy (non-hydrogen) atoms. The molecule has 0 aliphatic carbocycles. The maximum absolute atomic E-state index is 9.83. The van der Waals surface area contributed by atoms with Gasteiger partial charge in [-0.2, -0.15) is 9.97 Å². The molecule has 0 bridgehead atoms. The summed E-state index contributed by atoms with van der Waals surface area (Å²) in [6.45, 7) is 8.56. The van der Waals surface area contributed by atoms with Crippen molar-refractivity contribution in [3.8, 4) is 29.0 Å². The van der Waals surface area contributed by atoms with E-state index in [1.165, 1.54) is 12.7 Å². The quantitative estimate of drug-likeness (QED) is 0.232. The molecular formula is C30H35N3O4. The van der Waals surface area contributed by atoms with Crippen LogP contribution in [0.25, 0.3) is 10.9 Å². The average molecular weight is 502 g/mol. The van der Waals surface area contributed by atoms with Crippen LogP contribution in [0.3, 0.4) is 0 Å². The van der Waals surface area contributed by atoms with Gasteiger partial charge >= 0.3 is 6.01 Å². The van der Waals surface area contributed by atoms with Gasteiger partial charge in [-0.05, 0) is 67.8 Å². The van der Waals surface area contributed by atoms with Gasteiger partial charge in [0.2, 0.25) is 0 Å². The SMILES string of the molecule is CCCN(CCC)c1nc(OCCc2ccc(O)c(OC)c2)nc2ccc(Oc3ccc(C)cc3)cc12. The molecule has 3 aromatic carbocycles. The van der Waals surface area contributed by atoms with Crippen molar-refractivity contribution < 1.29 is 19.3 Å². The minimum absolute atomic E-state index is 0.118. The zero-order valence-electron chi connectivity index (χ0n) is 22.0. The van der Waals surface area contributed by atoms with Crippen LogP contribution in [0, 0.1) is 6.92 Å². The van der Waals surface area contributed by atoms with E-state index in [2.05, 4.69) is 25.7 Å². The van der Waals surface area contributed by atoms with Gasteiger partial charge in [0.25, 0.3) is 0 Å². The van der Waals surface area contributed by atoms with Crippen LogP contribution in [0.2, 0.25) is 0 Å². The van der Waals surface area contributed by atoms with E-state index >= 15 is 0 Å². The van der Waals surface area contributed by atoms with E-state index in [9.17, 15) is 5.11 Å². The number of ether oxygens (including phenoxy) is 3. The number of fused-ring (bicyclic) bond motifs is 1. The van der Waals surface area contributed by atoms with Crippen LogP contribution in [0.1, 0.15) is 37.8 Å². The summed E-state index contributed by atoms with van der Waals surface area (Å²) < 4.78 is 17.4. The summed E-state index contributed by atoms with van der Waals surface area (Å²) in [5.41, 5.74) is 2.99. The summed E-state index contributed by atoms with van der Waals surface area (Å²) in [6, 6.07) is 19.5. The largest absolute Gasteiger partial charge is 0.504 e. The number of aromatic nitrogens is 2. The second-order valence-electron chi connectivity index (χ2n) is 9.02. The predicted molar refractivity (Wildman–Crippen MR) is 147 cm³/mol. The monoisotopic (exact) mass is 501 g/mol. The molecule has 4 aromatic rings. The van der Waals surface area contributed by atoms with Gasteiger partial charge in [-0.15, -0.1) is 0 Å². The number of aryl methyl sites for hydroxylation is 1. The Morgan fingerprint density at radius 3 is 2.30 bits per heavy atom. The van der Waals surface area contributed by atoms with Gasteiger partial charge in [-0.25, -0.2) is 0 Å². The Morgan fingerprint density at radius 1 is 0.865 bits per heavy atom. The lowest BCUT2D eigenvalue weighted by Crippen LogP contribution is -2.26. The second-order valence-corrected chi connectivity index (χ2v) is 9.02. The lowest BCUT2D eigenvalue weighted by Gasteiger charge is -2.24. The molecular weight excluding hydrogens is 466 g/mol. The summed E-state index contributed by atoms with van der Waals surface area (Å²) in [5, 5.41) is 10.8. The molecule has 1 aromatic heterocycles. The van der Waals surface area contributed by atoms with Gasteiger partial charge in [-0.3, -0.25) is 0 Å². The van der Waals surface area contributed by atoms with E-state index in [0.29, 0.717) is 24.8 Å². The highest BCUT2D eigenvalue weighted by Gasteiger charge is 2.16. The Balaban J connectivity index is 1.61. The van der Waals surface area contributed by atoms with E-state index in [0.717, 1.165) is 59.7 Å². The smallest absolute Gasteiger partial charge is 0.318 e. The number of hydrogen-bond acceptors (Lipinski definition) is 7.